The van der Waals surface area contributed by atoms with Gasteiger partial charge in [-0.15, -0.1) is 0 Å². The van der Waals surface area contributed by atoms with E-state index in [0.29, 0.717) is 0 Å². The summed E-state index contributed by atoms with van der Waals surface area (Å²) in [6.45, 7) is 0. The molecule has 4 nitrogen and oxygen atoms in total. The maximum atomic E-state index is 13.6. The van der Waals surface area contributed by atoms with E-state index in [1.54, 1.807) is 0 Å². The highest BCUT2D eigenvalue weighted by atomic mass is 19.1. The van der Waals surface area contributed by atoms with Gasteiger partial charge in [-0.25, -0.2) is 9.18 Å². The van der Waals surface area contributed by atoms with Crippen LogP contribution < -0.4 is 10.5 Å². The second-order valence-corrected chi connectivity index (χ2v) is 4.03. The van der Waals surface area contributed by atoms with Crippen LogP contribution in [-0.4, -0.2) is 19.2 Å². The third-order valence-corrected chi connectivity index (χ3v) is 2.86. The molecular formula is C12H14FNO3. The van der Waals surface area contributed by atoms with Gasteiger partial charge >= 0.3 is 5.97 Å². The molecule has 0 aromatic heterocycles. The average Bonchev–Trinajstić information content (AvgIpc) is 2.24. The lowest BCUT2D eigenvalue weighted by Gasteiger charge is -2.26. The van der Waals surface area contributed by atoms with Gasteiger partial charge in [0.15, 0.2) is 11.6 Å². The highest BCUT2D eigenvalue weighted by Crippen LogP contribution is 2.30. The Morgan fingerprint density at radius 2 is 2.18 bits per heavy atom. The van der Waals surface area contributed by atoms with Gasteiger partial charge in [-0.2, -0.15) is 0 Å². The summed E-state index contributed by atoms with van der Waals surface area (Å²) in [5.41, 5.74) is 5.73. The minimum absolute atomic E-state index is 0.0404. The highest BCUT2D eigenvalue weighted by molar-refractivity contribution is 5.95. The van der Waals surface area contributed by atoms with E-state index in [2.05, 4.69) is 4.74 Å². The van der Waals surface area contributed by atoms with Crippen LogP contribution in [-0.2, 0) is 4.74 Å². The van der Waals surface area contributed by atoms with Gasteiger partial charge in [0.1, 0.15) is 0 Å². The lowest BCUT2D eigenvalue weighted by atomic mass is 9.96. The Morgan fingerprint density at radius 3 is 2.71 bits per heavy atom. The topological polar surface area (TPSA) is 61.5 Å². The number of nitrogen functional groups attached to an aromatic ring is 1. The van der Waals surface area contributed by atoms with Gasteiger partial charge in [0.2, 0.25) is 0 Å². The van der Waals surface area contributed by atoms with Gasteiger partial charge in [-0.05, 0) is 25.3 Å². The van der Waals surface area contributed by atoms with E-state index in [0.717, 1.165) is 25.3 Å². The molecule has 0 saturated heterocycles. The van der Waals surface area contributed by atoms with Crippen molar-refractivity contribution in [1.29, 1.82) is 0 Å². The first-order valence-electron chi connectivity index (χ1n) is 5.46. The Kier molecular flexibility index (Phi) is 3.17. The first kappa shape index (κ1) is 11.7. The molecule has 1 aliphatic carbocycles. The van der Waals surface area contributed by atoms with Crippen LogP contribution in [0, 0.1) is 5.82 Å². The van der Waals surface area contributed by atoms with E-state index in [1.807, 2.05) is 0 Å². The fourth-order valence-electron chi connectivity index (χ4n) is 1.61. The number of carbonyl (C=O) groups is 1. The molecule has 0 heterocycles. The number of hydrogen-bond donors (Lipinski definition) is 1. The first-order chi connectivity index (χ1) is 8.11. The van der Waals surface area contributed by atoms with E-state index in [-0.39, 0.29) is 23.1 Å². The van der Waals surface area contributed by atoms with Crippen molar-refractivity contribution in [1.82, 2.24) is 0 Å². The largest absolute Gasteiger partial charge is 0.487 e. The average molecular weight is 239 g/mol. The number of ether oxygens (including phenoxy) is 2. The van der Waals surface area contributed by atoms with Gasteiger partial charge < -0.3 is 15.2 Å². The molecule has 17 heavy (non-hydrogen) atoms. The van der Waals surface area contributed by atoms with Gasteiger partial charge in [-0.1, -0.05) is 0 Å². The third kappa shape index (κ3) is 2.33. The number of anilines is 1. The number of carbonyl (C=O) groups excluding carboxylic acids is 1. The molecular weight excluding hydrogens is 225 g/mol. The van der Waals surface area contributed by atoms with Crippen LogP contribution in [0.15, 0.2) is 12.1 Å². The molecule has 0 radical (unpaired) electrons. The Bertz CT molecular complexity index is 444. The molecule has 1 fully saturated rings. The fraction of sp³-hybridized carbons (Fsp3) is 0.417. The van der Waals surface area contributed by atoms with Crippen molar-refractivity contribution in [2.24, 2.45) is 0 Å². The summed E-state index contributed by atoms with van der Waals surface area (Å²) >= 11 is 0. The number of halogens is 1. The molecule has 2 N–H and O–H groups in total. The van der Waals surface area contributed by atoms with Crippen LogP contribution in [0.2, 0.25) is 0 Å². The molecule has 0 amide bonds. The molecule has 0 spiro atoms. The number of rotatable bonds is 3. The van der Waals surface area contributed by atoms with Crippen LogP contribution in [0.1, 0.15) is 29.6 Å². The second-order valence-electron chi connectivity index (χ2n) is 4.03. The summed E-state index contributed by atoms with van der Waals surface area (Å²) in [6.07, 6.45) is 2.96. The summed E-state index contributed by atoms with van der Waals surface area (Å²) in [5, 5.41) is 0. The maximum absolute atomic E-state index is 13.6. The van der Waals surface area contributed by atoms with Crippen molar-refractivity contribution in [2.45, 2.75) is 25.4 Å². The van der Waals surface area contributed by atoms with E-state index in [9.17, 15) is 9.18 Å². The van der Waals surface area contributed by atoms with E-state index in [4.69, 9.17) is 10.5 Å². The first-order valence-corrected chi connectivity index (χ1v) is 5.46. The zero-order chi connectivity index (χ0) is 12.4. The summed E-state index contributed by atoms with van der Waals surface area (Å²) in [5.74, 6) is -1.09. The minimum Gasteiger partial charge on any atom is -0.487 e. The van der Waals surface area contributed by atoms with Crippen LogP contribution in [0.4, 0.5) is 10.1 Å². The lowest BCUT2D eigenvalue weighted by Crippen LogP contribution is -2.25. The fourth-order valence-corrected chi connectivity index (χ4v) is 1.61. The highest BCUT2D eigenvalue weighted by Gasteiger charge is 2.22. The minimum atomic E-state index is -0.596. The van der Waals surface area contributed by atoms with Gasteiger partial charge in [-0.3, -0.25) is 0 Å². The molecule has 1 aromatic rings. The Hall–Kier alpha value is -1.78. The summed E-state index contributed by atoms with van der Waals surface area (Å²) < 4.78 is 23.6. The molecule has 2 rings (SSSR count). The molecule has 0 atom stereocenters. The number of nitrogens with two attached hydrogens (primary N) is 1. The molecule has 1 aromatic carbocycles. The van der Waals surface area contributed by atoms with Crippen LogP contribution in [0.25, 0.3) is 0 Å². The predicted octanol–water partition coefficient (Wildman–Crippen LogP) is 2.13. The SMILES string of the molecule is COC(=O)c1cc(OC2CCC2)c(F)cc1N. The molecule has 1 saturated carbocycles. The smallest absolute Gasteiger partial charge is 0.340 e. The second kappa shape index (κ2) is 4.61. The predicted molar refractivity (Wildman–Crippen MR) is 60.4 cm³/mol. The Balaban J connectivity index is 2.27. The number of benzene rings is 1. The van der Waals surface area contributed by atoms with Crippen LogP contribution >= 0.6 is 0 Å². The van der Waals surface area contributed by atoms with Crippen molar-refractivity contribution >= 4 is 11.7 Å². The van der Waals surface area contributed by atoms with E-state index in [1.165, 1.54) is 13.2 Å². The van der Waals surface area contributed by atoms with Crippen molar-refractivity contribution in [3.05, 3.63) is 23.5 Å². The quantitative estimate of drug-likeness (QED) is 0.648. The van der Waals surface area contributed by atoms with Gasteiger partial charge in [0.25, 0.3) is 0 Å². The maximum Gasteiger partial charge on any atom is 0.340 e. The molecule has 92 valence electrons. The molecule has 0 aliphatic heterocycles. The Labute approximate surface area is 98.5 Å². The lowest BCUT2D eigenvalue weighted by molar-refractivity contribution is 0.0600. The number of esters is 1. The van der Waals surface area contributed by atoms with Gasteiger partial charge in [0, 0.05) is 11.8 Å². The van der Waals surface area contributed by atoms with Crippen LogP contribution in [0.5, 0.6) is 5.75 Å². The van der Waals surface area contributed by atoms with Gasteiger partial charge in [0.05, 0.1) is 18.8 Å². The summed E-state index contributed by atoms with van der Waals surface area (Å²) in [4.78, 5) is 11.4. The normalized spacial score (nSPS) is 15.2. The van der Waals surface area contributed by atoms with Crippen molar-refractivity contribution < 1.29 is 18.7 Å². The van der Waals surface area contributed by atoms with Crippen molar-refractivity contribution in [3.8, 4) is 5.75 Å². The molecule has 0 bridgehead atoms. The summed E-state index contributed by atoms with van der Waals surface area (Å²) in [7, 11) is 1.25. The zero-order valence-electron chi connectivity index (χ0n) is 9.53. The monoisotopic (exact) mass is 239 g/mol. The van der Waals surface area contributed by atoms with E-state index < -0.39 is 11.8 Å². The number of methoxy groups -OCH3 is 1. The zero-order valence-corrected chi connectivity index (χ0v) is 9.53. The molecule has 0 unspecified atom stereocenters. The van der Waals surface area contributed by atoms with E-state index >= 15 is 0 Å². The number of hydrogen-bond acceptors (Lipinski definition) is 4. The van der Waals surface area contributed by atoms with Crippen molar-refractivity contribution in [2.75, 3.05) is 12.8 Å². The molecule has 5 heteroatoms. The third-order valence-electron chi connectivity index (χ3n) is 2.86. The van der Waals surface area contributed by atoms with Crippen LogP contribution in [0.3, 0.4) is 0 Å². The van der Waals surface area contributed by atoms with Crippen molar-refractivity contribution in [3.63, 3.8) is 0 Å². The standard InChI is InChI=1S/C12H14FNO3/c1-16-12(15)8-5-11(9(13)6-10(8)14)17-7-3-2-4-7/h5-7H,2-4,14H2,1H3. The summed E-state index contributed by atoms with van der Waals surface area (Å²) in [6, 6.07) is 2.38. The Morgan fingerprint density at radius 1 is 1.47 bits per heavy atom. The molecule has 1 aliphatic rings.